The summed E-state index contributed by atoms with van der Waals surface area (Å²) in [5.41, 5.74) is 3.25. The van der Waals surface area contributed by atoms with E-state index < -0.39 is 0 Å². The summed E-state index contributed by atoms with van der Waals surface area (Å²) in [6.07, 6.45) is 1.95. The van der Waals surface area contributed by atoms with E-state index in [2.05, 4.69) is 29.4 Å². The highest BCUT2D eigenvalue weighted by atomic mass is 32.1. The van der Waals surface area contributed by atoms with E-state index >= 15 is 0 Å². The van der Waals surface area contributed by atoms with Gasteiger partial charge in [-0.15, -0.1) is 11.3 Å². The average Bonchev–Trinajstić information content (AvgIpc) is 3.31. The number of likely N-dealkylation sites (tertiary alicyclic amines) is 1. The van der Waals surface area contributed by atoms with E-state index in [1.807, 2.05) is 30.0 Å². The first kappa shape index (κ1) is 21.6. The second-order valence-electron chi connectivity index (χ2n) is 8.89. The van der Waals surface area contributed by atoms with Crippen LogP contribution in [0.5, 0.6) is 5.75 Å². The van der Waals surface area contributed by atoms with E-state index in [1.54, 1.807) is 36.6 Å². The number of aryl methyl sites for hydroxylation is 2. The zero-order chi connectivity index (χ0) is 23.1. The Morgan fingerprint density at radius 3 is 2.76 bits per heavy atom. The molecule has 0 bridgehead atoms. The highest BCUT2D eigenvalue weighted by Crippen LogP contribution is 2.48. The van der Waals surface area contributed by atoms with Crippen molar-refractivity contribution in [1.82, 2.24) is 15.2 Å². The van der Waals surface area contributed by atoms with Gasteiger partial charge in [-0.25, -0.2) is 4.98 Å². The number of piperidine rings is 1. The van der Waals surface area contributed by atoms with Gasteiger partial charge in [-0.3, -0.25) is 9.59 Å². The number of hydrogen-bond donors (Lipinski definition) is 1. The van der Waals surface area contributed by atoms with Crippen LogP contribution in [0.2, 0.25) is 0 Å². The molecule has 2 amide bonds. The van der Waals surface area contributed by atoms with Crippen molar-refractivity contribution in [3.8, 4) is 16.2 Å². The highest BCUT2D eigenvalue weighted by Gasteiger charge is 2.54. The predicted molar refractivity (Wildman–Crippen MR) is 129 cm³/mol. The predicted octanol–water partition coefficient (Wildman–Crippen LogP) is 4.47. The number of nitrogens with one attached hydrogen (secondary N) is 1. The number of rotatable bonds is 6. The first-order valence-electron chi connectivity index (χ1n) is 11.2. The molecular formula is C26H27N3O3S. The Balaban J connectivity index is 1.35. The van der Waals surface area contributed by atoms with Crippen molar-refractivity contribution in [2.24, 2.45) is 5.92 Å². The molecule has 1 aliphatic carbocycles. The minimum Gasteiger partial charge on any atom is -0.497 e. The summed E-state index contributed by atoms with van der Waals surface area (Å²) in [6, 6.07) is 15.5. The summed E-state index contributed by atoms with van der Waals surface area (Å²) in [4.78, 5) is 34.0. The minimum absolute atomic E-state index is 0.0248. The molecule has 2 heterocycles. The van der Waals surface area contributed by atoms with Crippen LogP contribution in [0.25, 0.3) is 10.4 Å². The van der Waals surface area contributed by atoms with Gasteiger partial charge in [-0.2, -0.15) is 0 Å². The molecule has 1 aromatic heterocycles. The number of benzene rings is 2. The highest BCUT2D eigenvalue weighted by molar-refractivity contribution is 7.15. The van der Waals surface area contributed by atoms with Crippen LogP contribution in [0.15, 0.2) is 48.5 Å². The van der Waals surface area contributed by atoms with E-state index in [0.29, 0.717) is 29.5 Å². The molecule has 2 fully saturated rings. The Labute approximate surface area is 197 Å². The third kappa shape index (κ3) is 4.25. The van der Waals surface area contributed by atoms with Crippen LogP contribution in [-0.2, 0) is 0 Å². The maximum atomic E-state index is 13.7. The second kappa shape index (κ2) is 8.63. The largest absolute Gasteiger partial charge is 0.497 e. The molecule has 33 heavy (non-hydrogen) atoms. The van der Waals surface area contributed by atoms with Crippen molar-refractivity contribution < 1.29 is 14.3 Å². The van der Waals surface area contributed by atoms with Crippen molar-refractivity contribution in [2.75, 3.05) is 13.7 Å². The van der Waals surface area contributed by atoms with Gasteiger partial charge in [-0.05, 0) is 56.4 Å². The number of hydrogen-bond acceptors (Lipinski definition) is 5. The molecule has 170 valence electrons. The summed E-state index contributed by atoms with van der Waals surface area (Å²) >= 11 is 1.56. The van der Waals surface area contributed by atoms with Crippen molar-refractivity contribution in [3.05, 3.63) is 70.4 Å². The van der Waals surface area contributed by atoms with Gasteiger partial charge in [0, 0.05) is 18.2 Å². The number of thiazole rings is 1. The minimum atomic E-state index is -0.160. The van der Waals surface area contributed by atoms with Gasteiger partial charge in [0.2, 0.25) is 0 Å². The Hall–Kier alpha value is -3.19. The molecule has 1 saturated carbocycles. The number of carbonyl (C=O) groups is 2. The first-order valence-corrected chi connectivity index (χ1v) is 12.1. The number of amides is 2. The molecule has 5 rings (SSSR count). The van der Waals surface area contributed by atoms with Crippen LogP contribution in [0.4, 0.5) is 0 Å². The van der Waals surface area contributed by atoms with Crippen LogP contribution in [0.3, 0.4) is 0 Å². The Morgan fingerprint density at radius 2 is 1.97 bits per heavy atom. The van der Waals surface area contributed by atoms with E-state index in [-0.39, 0.29) is 23.9 Å². The molecule has 3 atom stereocenters. The van der Waals surface area contributed by atoms with Gasteiger partial charge < -0.3 is 15.0 Å². The molecule has 3 aromatic rings. The van der Waals surface area contributed by atoms with E-state index in [0.717, 1.165) is 33.9 Å². The number of aromatic nitrogens is 1. The standard InChI is InChI=1S/C26H27N3O3S/c1-15-6-4-7-17(10-15)24-23(28-16(2)33-24)26(31)29-20(11-19-13-22(19)29)14-27-25(30)18-8-5-9-21(12-18)32-3/h4-10,12,19-20,22H,11,13-14H2,1-3H3,(H,27,30)/t19-,20-,22-/m0/s1. The van der Waals surface area contributed by atoms with Crippen molar-refractivity contribution in [3.63, 3.8) is 0 Å². The average molecular weight is 462 g/mol. The van der Waals surface area contributed by atoms with Crippen LogP contribution < -0.4 is 10.1 Å². The molecule has 1 aliphatic heterocycles. The third-order valence-electron chi connectivity index (χ3n) is 6.49. The normalized spacial score (nSPS) is 20.9. The topological polar surface area (TPSA) is 71.5 Å². The Morgan fingerprint density at radius 1 is 1.15 bits per heavy atom. The number of nitrogens with zero attached hydrogens (tertiary/aromatic N) is 2. The van der Waals surface area contributed by atoms with Crippen LogP contribution in [-0.4, -0.2) is 47.4 Å². The fourth-order valence-corrected chi connectivity index (χ4v) is 5.72. The molecule has 7 heteroatoms. The first-order chi connectivity index (χ1) is 15.9. The molecule has 1 N–H and O–H groups in total. The third-order valence-corrected chi connectivity index (χ3v) is 7.51. The molecule has 2 aliphatic rings. The SMILES string of the molecule is COc1cccc(C(=O)NC[C@@H]2C[C@H]3C[C@@H]3N2C(=O)c2nc(C)sc2-c2cccc(C)c2)c1. The summed E-state index contributed by atoms with van der Waals surface area (Å²) in [7, 11) is 1.58. The molecule has 0 unspecified atom stereocenters. The number of methoxy groups -OCH3 is 1. The van der Waals surface area contributed by atoms with Crippen LogP contribution in [0.1, 0.15) is 44.3 Å². The molecule has 2 aromatic carbocycles. The second-order valence-corrected chi connectivity index (χ2v) is 10.1. The van der Waals surface area contributed by atoms with Gasteiger partial charge in [0.25, 0.3) is 11.8 Å². The summed E-state index contributed by atoms with van der Waals surface area (Å²) in [5, 5.41) is 3.90. The van der Waals surface area contributed by atoms with Crippen molar-refractivity contribution >= 4 is 23.2 Å². The van der Waals surface area contributed by atoms with E-state index in [9.17, 15) is 9.59 Å². The Kier molecular flexibility index (Phi) is 5.66. The monoisotopic (exact) mass is 461 g/mol. The summed E-state index contributed by atoms with van der Waals surface area (Å²) in [6.45, 7) is 4.42. The van der Waals surface area contributed by atoms with Gasteiger partial charge in [0.1, 0.15) is 11.4 Å². The zero-order valence-corrected chi connectivity index (χ0v) is 19.8. The lowest BCUT2D eigenvalue weighted by Crippen LogP contribution is -2.45. The van der Waals surface area contributed by atoms with Gasteiger partial charge in [0.05, 0.1) is 23.0 Å². The quantitative estimate of drug-likeness (QED) is 0.588. The summed E-state index contributed by atoms with van der Waals surface area (Å²) < 4.78 is 5.22. The number of carbonyl (C=O) groups excluding carboxylic acids is 2. The lowest BCUT2D eigenvalue weighted by molar-refractivity contribution is 0.0684. The lowest BCUT2D eigenvalue weighted by Gasteiger charge is -2.27. The smallest absolute Gasteiger partial charge is 0.274 e. The van der Waals surface area contributed by atoms with Crippen molar-refractivity contribution in [1.29, 1.82) is 0 Å². The van der Waals surface area contributed by atoms with E-state index in [1.165, 1.54) is 0 Å². The molecule has 1 saturated heterocycles. The fraction of sp³-hybridized carbons (Fsp3) is 0.346. The van der Waals surface area contributed by atoms with Gasteiger partial charge in [-0.1, -0.05) is 35.9 Å². The summed E-state index contributed by atoms with van der Waals surface area (Å²) in [5.74, 6) is 0.979. The molecular weight excluding hydrogens is 434 g/mol. The maximum absolute atomic E-state index is 13.7. The molecule has 0 radical (unpaired) electrons. The zero-order valence-electron chi connectivity index (χ0n) is 19.0. The number of ether oxygens (including phenoxy) is 1. The van der Waals surface area contributed by atoms with Crippen LogP contribution in [0, 0.1) is 19.8 Å². The van der Waals surface area contributed by atoms with Gasteiger partial charge in [0.15, 0.2) is 0 Å². The molecule has 6 nitrogen and oxygen atoms in total. The van der Waals surface area contributed by atoms with E-state index in [4.69, 9.17) is 4.74 Å². The lowest BCUT2D eigenvalue weighted by atomic mass is 10.1. The van der Waals surface area contributed by atoms with Crippen molar-refractivity contribution in [2.45, 2.75) is 38.8 Å². The number of fused-ring (bicyclic) bond motifs is 1. The maximum Gasteiger partial charge on any atom is 0.274 e. The fourth-order valence-electron chi connectivity index (χ4n) is 4.81. The van der Waals surface area contributed by atoms with Gasteiger partial charge >= 0.3 is 0 Å². The Bertz CT molecular complexity index is 1220. The molecule has 0 spiro atoms. The van der Waals surface area contributed by atoms with Crippen LogP contribution >= 0.6 is 11.3 Å².